The molecule has 1 aromatic rings. The predicted molar refractivity (Wildman–Crippen MR) is 91.5 cm³/mol. The first-order valence-corrected chi connectivity index (χ1v) is 8.62. The van der Waals surface area contributed by atoms with Crippen molar-refractivity contribution in [1.29, 1.82) is 0 Å². The summed E-state index contributed by atoms with van der Waals surface area (Å²) in [4.78, 5) is 2.49. The summed E-state index contributed by atoms with van der Waals surface area (Å²) in [6.07, 6.45) is 8.32. The minimum atomic E-state index is 0.444. The van der Waals surface area contributed by atoms with Crippen molar-refractivity contribution in [3.05, 3.63) is 35.4 Å². The molecule has 0 spiro atoms. The van der Waals surface area contributed by atoms with Crippen molar-refractivity contribution in [2.45, 2.75) is 52.0 Å². The van der Waals surface area contributed by atoms with Crippen molar-refractivity contribution in [2.24, 2.45) is 5.41 Å². The molecular weight excluding hydrogens is 262 g/mol. The standard InChI is InChI=1S/C18H29NS/c1-16-7-9-17(10-8-16)13-19(2)14-18(15-20)11-5-3-4-6-12-18/h7-10,20H,3-6,11-15H2,1-2H3. The Balaban J connectivity index is 1.94. The lowest BCUT2D eigenvalue weighted by molar-refractivity contribution is 0.170. The Morgan fingerprint density at radius 3 is 2.20 bits per heavy atom. The molecule has 20 heavy (non-hydrogen) atoms. The summed E-state index contributed by atoms with van der Waals surface area (Å²) < 4.78 is 0. The largest absolute Gasteiger partial charge is 0.302 e. The van der Waals surface area contributed by atoms with E-state index in [1.807, 2.05) is 0 Å². The molecule has 112 valence electrons. The molecule has 1 aliphatic carbocycles. The summed E-state index contributed by atoms with van der Waals surface area (Å²) >= 11 is 4.68. The molecule has 1 fully saturated rings. The van der Waals surface area contributed by atoms with Crippen LogP contribution in [0.5, 0.6) is 0 Å². The summed E-state index contributed by atoms with van der Waals surface area (Å²) in [6.45, 7) is 4.38. The van der Waals surface area contributed by atoms with Gasteiger partial charge < -0.3 is 4.90 Å². The second kappa shape index (κ2) is 7.51. The highest BCUT2D eigenvalue weighted by atomic mass is 32.1. The minimum Gasteiger partial charge on any atom is -0.302 e. The highest BCUT2D eigenvalue weighted by Crippen LogP contribution is 2.36. The zero-order valence-electron chi connectivity index (χ0n) is 13.1. The lowest BCUT2D eigenvalue weighted by Crippen LogP contribution is -2.36. The Morgan fingerprint density at radius 2 is 1.65 bits per heavy atom. The first kappa shape index (κ1) is 15.9. The Bertz CT molecular complexity index is 390. The first-order chi connectivity index (χ1) is 9.63. The predicted octanol–water partition coefficient (Wildman–Crippen LogP) is 4.70. The molecule has 1 nitrogen and oxygen atoms in total. The molecule has 1 saturated carbocycles. The van der Waals surface area contributed by atoms with Gasteiger partial charge in [0.2, 0.25) is 0 Å². The molecule has 2 heteroatoms. The molecule has 0 bridgehead atoms. The topological polar surface area (TPSA) is 3.24 Å². The second-order valence-corrected chi connectivity index (χ2v) is 7.05. The molecule has 0 heterocycles. The molecule has 0 saturated heterocycles. The van der Waals surface area contributed by atoms with E-state index in [0.29, 0.717) is 5.41 Å². The highest BCUT2D eigenvalue weighted by molar-refractivity contribution is 7.80. The van der Waals surface area contributed by atoms with E-state index >= 15 is 0 Å². The van der Waals surface area contributed by atoms with Crippen LogP contribution in [-0.4, -0.2) is 24.2 Å². The normalized spacial score (nSPS) is 19.0. The summed E-state index contributed by atoms with van der Waals surface area (Å²) in [5, 5.41) is 0. The zero-order valence-corrected chi connectivity index (χ0v) is 14.0. The molecule has 0 N–H and O–H groups in total. The third-order valence-corrected chi connectivity index (χ3v) is 5.35. The summed E-state index contributed by atoms with van der Waals surface area (Å²) in [5.74, 6) is 1.03. The number of rotatable bonds is 5. The van der Waals surface area contributed by atoms with Gasteiger partial charge in [-0.3, -0.25) is 0 Å². The Hall–Kier alpha value is -0.470. The fourth-order valence-electron chi connectivity index (χ4n) is 3.48. The minimum absolute atomic E-state index is 0.444. The molecule has 0 atom stereocenters. The molecule has 1 aliphatic rings. The first-order valence-electron chi connectivity index (χ1n) is 7.99. The SMILES string of the molecule is Cc1ccc(CN(C)CC2(CS)CCCCCC2)cc1. The summed E-state index contributed by atoms with van der Waals surface area (Å²) in [5.41, 5.74) is 3.20. The number of thiol groups is 1. The monoisotopic (exact) mass is 291 g/mol. The van der Waals surface area contributed by atoms with Crippen molar-refractivity contribution in [2.75, 3.05) is 19.3 Å². The average Bonchev–Trinajstić information content (AvgIpc) is 2.67. The molecule has 0 aliphatic heterocycles. The third kappa shape index (κ3) is 4.53. The number of hydrogen-bond donors (Lipinski definition) is 1. The van der Waals surface area contributed by atoms with Gasteiger partial charge in [0.1, 0.15) is 0 Å². The van der Waals surface area contributed by atoms with Gasteiger partial charge in [0.25, 0.3) is 0 Å². The van der Waals surface area contributed by atoms with Crippen LogP contribution >= 0.6 is 12.6 Å². The quantitative estimate of drug-likeness (QED) is 0.608. The smallest absolute Gasteiger partial charge is 0.0230 e. The van der Waals surface area contributed by atoms with Crippen LogP contribution in [0, 0.1) is 12.3 Å². The van der Waals surface area contributed by atoms with Gasteiger partial charge in [-0.1, -0.05) is 55.5 Å². The van der Waals surface area contributed by atoms with Gasteiger partial charge in [-0.2, -0.15) is 12.6 Å². The Morgan fingerprint density at radius 1 is 1.05 bits per heavy atom. The molecule has 1 aromatic carbocycles. The summed E-state index contributed by atoms with van der Waals surface area (Å²) in [6, 6.07) is 8.94. The Labute approximate surface area is 130 Å². The van der Waals surface area contributed by atoms with Gasteiger partial charge in [-0.05, 0) is 43.5 Å². The van der Waals surface area contributed by atoms with Crippen LogP contribution in [0.2, 0.25) is 0 Å². The van der Waals surface area contributed by atoms with Gasteiger partial charge in [0, 0.05) is 13.1 Å². The van der Waals surface area contributed by atoms with E-state index in [9.17, 15) is 0 Å². The number of hydrogen-bond acceptors (Lipinski definition) is 2. The number of aryl methyl sites for hydroxylation is 1. The fraction of sp³-hybridized carbons (Fsp3) is 0.667. The van der Waals surface area contributed by atoms with E-state index in [2.05, 4.69) is 55.8 Å². The number of benzene rings is 1. The molecule has 0 radical (unpaired) electrons. The maximum Gasteiger partial charge on any atom is 0.0230 e. The van der Waals surface area contributed by atoms with Crippen molar-refractivity contribution in [1.82, 2.24) is 4.90 Å². The highest BCUT2D eigenvalue weighted by Gasteiger charge is 2.30. The number of nitrogens with zero attached hydrogens (tertiary/aromatic N) is 1. The van der Waals surface area contributed by atoms with E-state index in [4.69, 9.17) is 0 Å². The van der Waals surface area contributed by atoms with Crippen molar-refractivity contribution >= 4 is 12.6 Å². The molecular formula is C18H29NS. The summed E-state index contributed by atoms with van der Waals surface area (Å²) in [7, 11) is 2.26. The van der Waals surface area contributed by atoms with E-state index in [-0.39, 0.29) is 0 Å². The molecule has 2 rings (SSSR count). The fourth-order valence-corrected chi connectivity index (χ4v) is 3.89. The van der Waals surface area contributed by atoms with Crippen LogP contribution in [0.25, 0.3) is 0 Å². The maximum absolute atomic E-state index is 4.68. The van der Waals surface area contributed by atoms with E-state index in [0.717, 1.165) is 12.3 Å². The maximum atomic E-state index is 4.68. The second-order valence-electron chi connectivity index (χ2n) is 6.73. The van der Waals surface area contributed by atoms with E-state index < -0.39 is 0 Å². The molecule has 0 unspecified atom stereocenters. The lowest BCUT2D eigenvalue weighted by atomic mass is 9.81. The Kier molecular flexibility index (Phi) is 5.98. The third-order valence-electron chi connectivity index (χ3n) is 4.68. The van der Waals surface area contributed by atoms with Gasteiger partial charge in [-0.15, -0.1) is 0 Å². The average molecular weight is 292 g/mol. The van der Waals surface area contributed by atoms with E-state index in [1.165, 1.54) is 56.2 Å². The zero-order chi connectivity index (χ0) is 14.4. The van der Waals surface area contributed by atoms with Gasteiger partial charge in [-0.25, -0.2) is 0 Å². The van der Waals surface area contributed by atoms with Crippen LogP contribution in [0.4, 0.5) is 0 Å². The van der Waals surface area contributed by atoms with Crippen LogP contribution in [0.3, 0.4) is 0 Å². The van der Waals surface area contributed by atoms with Gasteiger partial charge in [0.15, 0.2) is 0 Å². The van der Waals surface area contributed by atoms with Gasteiger partial charge in [0.05, 0.1) is 0 Å². The van der Waals surface area contributed by atoms with Gasteiger partial charge >= 0.3 is 0 Å². The van der Waals surface area contributed by atoms with Crippen LogP contribution in [0.1, 0.15) is 49.7 Å². The van der Waals surface area contributed by atoms with Crippen LogP contribution in [-0.2, 0) is 6.54 Å². The molecule has 0 amide bonds. The van der Waals surface area contributed by atoms with Crippen molar-refractivity contribution in [3.63, 3.8) is 0 Å². The van der Waals surface area contributed by atoms with E-state index in [1.54, 1.807) is 0 Å². The van der Waals surface area contributed by atoms with Crippen LogP contribution < -0.4 is 0 Å². The van der Waals surface area contributed by atoms with Crippen LogP contribution in [0.15, 0.2) is 24.3 Å². The molecule has 0 aromatic heterocycles. The van der Waals surface area contributed by atoms with Crippen molar-refractivity contribution < 1.29 is 0 Å². The van der Waals surface area contributed by atoms with Crippen molar-refractivity contribution in [3.8, 4) is 0 Å². The lowest BCUT2D eigenvalue weighted by Gasteiger charge is -2.35.